The van der Waals surface area contributed by atoms with Crippen LogP contribution in [0.3, 0.4) is 0 Å². The molecule has 0 saturated carbocycles. The average Bonchev–Trinajstić information content (AvgIpc) is 2.53. The van der Waals surface area contributed by atoms with Crippen LogP contribution in [0.5, 0.6) is 11.5 Å². The van der Waals surface area contributed by atoms with Crippen LogP contribution in [0.4, 0.5) is 0 Å². The second-order valence-corrected chi connectivity index (χ2v) is 4.92. The Labute approximate surface area is 126 Å². The van der Waals surface area contributed by atoms with Gasteiger partial charge in [0.25, 0.3) is 0 Å². The van der Waals surface area contributed by atoms with Gasteiger partial charge in [-0.3, -0.25) is 4.98 Å². The van der Waals surface area contributed by atoms with E-state index < -0.39 is 0 Å². The van der Waals surface area contributed by atoms with E-state index in [4.69, 9.17) is 9.47 Å². The molecule has 0 spiro atoms. The molecule has 0 amide bonds. The normalized spacial score (nSPS) is 10.4. The SMILES string of the molecule is COc1ccc(CCNCc2ccc(C)nc2)cc1OC. The molecule has 2 rings (SSSR count). The summed E-state index contributed by atoms with van der Waals surface area (Å²) in [5.74, 6) is 1.54. The maximum atomic E-state index is 5.31. The van der Waals surface area contributed by atoms with Gasteiger partial charge in [-0.2, -0.15) is 0 Å². The Morgan fingerprint density at radius 1 is 1.00 bits per heavy atom. The summed E-state index contributed by atoms with van der Waals surface area (Å²) in [5.41, 5.74) is 3.47. The number of pyridine rings is 1. The first kappa shape index (κ1) is 15.3. The molecule has 21 heavy (non-hydrogen) atoms. The number of rotatable bonds is 7. The van der Waals surface area contributed by atoms with Gasteiger partial charge < -0.3 is 14.8 Å². The molecule has 1 aromatic heterocycles. The lowest BCUT2D eigenvalue weighted by Gasteiger charge is -2.10. The van der Waals surface area contributed by atoms with Crippen LogP contribution in [0.2, 0.25) is 0 Å². The monoisotopic (exact) mass is 286 g/mol. The maximum Gasteiger partial charge on any atom is 0.160 e. The van der Waals surface area contributed by atoms with E-state index in [1.54, 1.807) is 14.2 Å². The Bertz CT molecular complexity index is 568. The van der Waals surface area contributed by atoms with E-state index in [0.29, 0.717) is 0 Å². The van der Waals surface area contributed by atoms with Gasteiger partial charge in [-0.05, 0) is 49.2 Å². The van der Waals surface area contributed by atoms with Crippen molar-refractivity contribution in [1.29, 1.82) is 0 Å². The number of ether oxygens (including phenoxy) is 2. The number of nitrogens with one attached hydrogen (secondary N) is 1. The van der Waals surface area contributed by atoms with Crippen LogP contribution in [-0.2, 0) is 13.0 Å². The zero-order valence-electron chi connectivity index (χ0n) is 12.8. The third-order valence-electron chi connectivity index (χ3n) is 3.34. The highest BCUT2D eigenvalue weighted by atomic mass is 16.5. The van der Waals surface area contributed by atoms with Gasteiger partial charge in [-0.1, -0.05) is 12.1 Å². The molecule has 0 atom stereocenters. The van der Waals surface area contributed by atoms with Crippen molar-refractivity contribution < 1.29 is 9.47 Å². The lowest BCUT2D eigenvalue weighted by Crippen LogP contribution is -2.16. The standard InChI is InChI=1S/C17H22N2O2/c1-13-4-5-15(12-19-13)11-18-9-8-14-6-7-16(20-2)17(10-14)21-3/h4-7,10,12,18H,8-9,11H2,1-3H3. The molecule has 1 aromatic carbocycles. The summed E-state index contributed by atoms with van der Waals surface area (Å²) in [4.78, 5) is 4.29. The minimum atomic E-state index is 0.764. The number of hydrogen-bond donors (Lipinski definition) is 1. The predicted molar refractivity (Wildman–Crippen MR) is 83.9 cm³/mol. The fraction of sp³-hybridized carbons (Fsp3) is 0.353. The molecule has 0 aliphatic heterocycles. The first-order valence-corrected chi connectivity index (χ1v) is 7.06. The lowest BCUT2D eigenvalue weighted by atomic mass is 10.1. The van der Waals surface area contributed by atoms with E-state index in [2.05, 4.69) is 22.4 Å². The average molecular weight is 286 g/mol. The number of methoxy groups -OCH3 is 2. The molecule has 4 heteroatoms. The van der Waals surface area contributed by atoms with E-state index in [1.165, 1.54) is 11.1 Å². The summed E-state index contributed by atoms with van der Waals surface area (Å²) in [6.07, 6.45) is 2.86. The highest BCUT2D eigenvalue weighted by molar-refractivity contribution is 5.42. The molecule has 0 aliphatic carbocycles. The largest absolute Gasteiger partial charge is 0.493 e. The Hall–Kier alpha value is -2.07. The summed E-state index contributed by atoms with van der Waals surface area (Å²) in [6.45, 7) is 3.73. The second-order valence-electron chi connectivity index (χ2n) is 4.92. The minimum Gasteiger partial charge on any atom is -0.493 e. The minimum absolute atomic E-state index is 0.764. The first-order valence-electron chi connectivity index (χ1n) is 7.06. The summed E-state index contributed by atoms with van der Waals surface area (Å²) in [6, 6.07) is 10.2. The highest BCUT2D eigenvalue weighted by Crippen LogP contribution is 2.27. The summed E-state index contributed by atoms with van der Waals surface area (Å²) < 4.78 is 10.5. The van der Waals surface area contributed by atoms with Crippen molar-refractivity contribution in [2.75, 3.05) is 20.8 Å². The Morgan fingerprint density at radius 2 is 1.76 bits per heavy atom. The van der Waals surface area contributed by atoms with Gasteiger partial charge in [0, 0.05) is 18.4 Å². The van der Waals surface area contributed by atoms with Crippen molar-refractivity contribution in [2.45, 2.75) is 19.9 Å². The van der Waals surface area contributed by atoms with E-state index in [0.717, 1.165) is 36.7 Å². The molecule has 0 aliphatic rings. The van der Waals surface area contributed by atoms with Crippen LogP contribution in [0.25, 0.3) is 0 Å². The number of hydrogen-bond acceptors (Lipinski definition) is 4. The van der Waals surface area contributed by atoms with Crippen molar-refractivity contribution in [1.82, 2.24) is 10.3 Å². The molecule has 0 unspecified atom stereocenters. The zero-order chi connectivity index (χ0) is 15.1. The molecule has 0 radical (unpaired) electrons. The maximum absolute atomic E-state index is 5.31. The molecule has 1 N–H and O–H groups in total. The molecule has 1 heterocycles. The molecular formula is C17H22N2O2. The van der Waals surface area contributed by atoms with Gasteiger partial charge in [0.05, 0.1) is 14.2 Å². The fourth-order valence-corrected chi connectivity index (χ4v) is 2.10. The second kappa shape index (κ2) is 7.64. The predicted octanol–water partition coefficient (Wildman–Crippen LogP) is 2.74. The Balaban J connectivity index is 1.82. The van der Waals surface area contributed by atoms with Crippen LogP contribution < -0.4 is 14.8 Å². The highest BCUT2D eigenvalue weighted by Gasteiger charge is 2.04. The van der Waals surface area contributed by atoms with E-state index in [1.807, 2.05) is 31.3 Å². The van der Waals surface area contributed by atoms with Crippen molar-refractivity contribution >= 4 is 0 Å². The van der Waals surface area contributed by atoms with Gasteiger partial charge in [0.1, 0.15) is 0 Å². The number of nitrogens with zero attached hydrogens (tertiary/aromatic N) is 1. The van der Waals surface area contributed by atoms with Gasteiger partial charge >= 0.3 is 0 Å². The van der Waals surface area contributed by atoms with Gasteiger partial charge in [-0.15, -0.1) is 0 Å². The van der Waals surface area contributed by atoms with Crippen LogP contribution in [0.15, 0.2) is 36.5 Å². The van der Waals surface area contributed by atoms with E-state index >= 15 is 0 Å². The van der Waals surface area contributed by atoms with Crippen molar-refractivity contribution in [3.05, 3.63) is 53.3 Å². The zero-order valence-corrected chi connectivity index (χ0v) is 12.8. The van der Waals surface area contributed by atoms with Crippen molar-refractivity contribution in [3.8, 4) is 11.5 Å². The molecule has 112 valence electrons. The van der Waals surface area contributed by atoms with Crippen LogP contribution >= 0.6 is 0 Å². The molecule has 4 nitrogen and oxygen atoms in total. The molecule has 0 saturated heterocycles. The summed E-state index contributed by atoms with van der Waals surface area (Å²) in [5, 5.41) is 3.42. The van der Waals surface area contributed by atoms with Crippen LogP contribution in [-0.4, -0.2) is 25.7 Å². The molecule has 0 fully saturated rings. The quantitative estimate of drug-likeness (QED) is 0.795. The third-order valence-corrected chi connectivity index (χ3v) is 3.34. The van der Waals surface area contributed by atoms with Crippen molar-refractivity contribution in [3.63, 3.8) is 0 Å². The number of aromatic nitrogens is 1. The van der Waals surface area contributed by atoms with E-state index in [-0.39, 0.29) is 0 Å². The molecular weight excluding hydrogens is 264 g/mol. The lowest BCUT2D eigenvalue weighted by molar-refractivity contribution is 0.354. The molecule has 0 bridgehead atoms. The van der Waals surface area contributed by atoms with Crippen LogP contribution in [0, 0.1) is 6.92 Å². The van der Waals surface area contributed by atoms with Gasteiger partial charge in [-0.25, -0.2) is 0 Å². The van der Waals surface area contributed by atoms with Gasteiger partial charge in [0.2, 0.25) is 0 Å². The number of aryl methyl sites for hydroxylation is 1. The van der Waals surface area contributed by atoms with E-state index in [9.17, 15) is 0 Å². The molecule has 2 aromatic rings. The fourth-order valence-electron chi connectivity index (χ4n) is 2.10. The van der Waals surface area contributed by atoms with Crippen molar-refractivity contribution in [2.24, 2.45) is 0 Å². The summed E-state index contributed by atoms with van der Waals surface area (Å²) >= 11 is 0. The summed E-state index contributed by atoms with van der Waals surface area (Å²) in [7, 11) is 3.30. The number of benzene rings is 1. The Morgan fingerprint density at radius 3 is 2.43 bits per heavy atom. The topological polar surface area (TPSA) is 43.4 Å². The first-order chi connectivity index (χ1) is 10.2. The Kier molecular flexibility index (Phi) is 5.58. The van der Waals surface area contributed by atoms with Gasteiger partial charge in [0.15, 0.2) is 11.5 Å². The smallest absolute Gasteiger partial charge is 0.160 e. The van der Waals surface area contributed by atoms with Crippen LogP contribution in [0.1, 0.15) is 16.8 Å². The third kappa shape index (κ3) is 4.46.